The highest BCUT2D eigenvalue weighted by Gasteiger charge is 2.20. The standard InChI is InChI=1S/C17H22N2O/c1-12(2)9-19-11-15-7-8-18(13(3)20)10-14-5-4-6-16(19)17(14)15/h4-6,11-12H,7-10H2,1-3H3. The minimum atomic E-state index is 0.169. The lowest BCUT2D eigenvalue weighted by Crippen LogP contribution is -2.29. The predicted octanol–water partition coefficient (Wildman–Crippen LogP) is 3.20. The maximum absolute atomic E-state index is 11.7. The van der Waals surface area contributed by atoms with Gasteiger partial charge in [0.1, 0.15) is 0 Å². The van der Waals surface area contributed by atoms with Crippen LogP contribution in [0.15, 0.2) is 24.4 Å². The summed E-state index contributed by atoms with van der Waals surface area (Å²) in [5.41, 5.74) is 3.99. The Balaban J connectivity index is 2.11. The zero-order chi connectivity index (χ0) is 14.3. The molecule has 0 bridgehead atoms. The van der Waals surface area contributed by atoms with Gasteiger partial charge in [0.05, 0.1) is 0 Å². The number of rotatable bonds is 2. The van der Waals surface area contributed by atoms with Crippen LogP contribution in [-0.4, -0.2) is 21.9 Å². The van der Waals surface area contributed by atoms with E-state index in [1.807, 2.05) is 4.90 Å². The third-order valence-corrected chi connectivity index (χ3v) is 4.09. The Hall–Kier alpha value is -1.77. The van der Waals surface area contributed by atoms with Crippen molar-refractivity contribution >= 4 is 16.8 Å². The number of hydrogen-bond donors (Lipinski definition) is 0. The second kappa shape index (κ2) is 4.97. The number of amides is 1. The molecule has 0 aliphatic carbocycles. The smallest absolute Gasteiger partial charge is 0.219 e. The Morgan fingerprint density at radius 1 is 1.30 bits per heavy atom. The van der Waals surface area contributed by atoms with Crippen molar-refractivity contribution in [3.63, 3.8) is 0 Å². The molecule has 1 amide bonds. The maximum Gasteiger partial charge on any atom is 0.219 e. The summed E-state index contributed by atoms with van der Waals surface area (Å²) < 4.78 is 2.38. The SMILES string of the molecule is CC(=O)N1CCc2cn(CC(C)C)c3cccc(c23)C1. The first-order valence-corrected chi connectivity index (χ1v) is 7.41. The zero-order valence-corrected chi connectivity index (χ0v) is 12.5. The molecule has 1 aliphatic rings. The summed E-state index contributed by atoms with van der Waals surface area (Å²) in [4.78, 5) is 13.6. The number of aromatic nitrogens is 1. The highest BCUT2D eigenvalue weighted by molar-refractivity contribution is 5.88. The lowest BCUT2D eigenvalue weighted by molar-refractivity contribution is -0.129. The van der Waals surface area contributed by atoms with Gasteiger partial charge in [-0.15, -0.1) is 0 Å². The van der Waals surface area contributed by atoms with Crippen molar-refractivity contribution in [2.75, 3.05) is 6.54 Å². The summed E-state index contributed by atoms with van der Waals surface area (Å²) in [5, 5.41) is 1.37. The number of nitrogens with zero attached hydrogens (tertiary/aromatic N) is 2. The van der Waals surface area contributed by atoms with Crippen LogP contribution < -0.4 is 0 Å². The largest absolute Gasteiger partial charge is 0.347 e. The summed E-state index contributed by atoms with van der Waals surface area (Å²) in [6.45, 7) is 8.78. The van der Waals surface area contributed by atoms with Crippen molar-refractivity contribution in [2.45, 2.75) is 40.3 Å². The molecule has 0 radical (unpaired) electrons. The van der Waals surface area contributed by atoms with E-state index in [-0.39, 0.29) is 5.91 Å². The summed E-state index contributed by atoms with van der Waals surface area (Å²) in [5.74, 6) is 0.806. The average molecular weight is 270 g/mol. The molecular weight excluding hydrogens is 248 g/mol. The second-order valence-electron chi connectivity index (χ2n) is 6.20. The third kappa shape index (κ3) is 2.21. The molecule has 1 aliphatic heterocycles. The molecule has 0 spiro atoms. The van der Waals surface area contributed by atoms with Crippen molar-refractivity contribution in [3.05, 3.63) is 35.5 Å². The van der Waals surface area contributed by atoms with Gasteiger partial charge in [0.15, 0.2) is 0 Å². The maximum atomic E-state index is 11.7. The van der Waals surface area contributed by atoms with Crippen LogP contribution in [0.25, 0.3) is 10.9 Å². The van der Waals surface area contributed by atoms with Crippen molar-refractivity contribution in [2.24, 2.45) is 5.92 Å². The van der Waals surface area contributed by atoms with Crippen molar-refractivity contribution in [1.29, 1.82) is 0 Å². The lowest BCUT2D eigenvalue weighted by Gasteiger charge is -2.19. The highest BCUT2D eigenvalue weighted by atomic mass is 16.2. The molecular formula is C17H22N2O. The summed E-state index contributed by atoms with van der Waals surface area (Å²) in [6, 6.07) is 6.48. The molecule has 106 valence electrons. The van der Waals surface area contributed by atoms with Crippen LogP contribution in [0.5, 0.6) is 0 Å². The van der Waals surface area contributed by atoms with E-state index < -0.39 is 0 Å². The zero-order valence-electron chi connectivity index (χ0n) is 12.5. The van der Waals surface area contributed by atoms with Gasteiger partial charge >= 0.3 is 0 Å². The van der Waals surface area contributed by atoms with Gasteiger partial charge in [-0.2, -0.15) is 0 Å². The average Bonchev–Trinajstić information content (AvgIpc) is 2.61. The Bertz CT molecular complexity index is 654. The van der Waals surface area contributed by atoms with Crippen molar-refractivity contribution in [3.8, 4) is 0 Å². The molecule has 2 heterocycles. The van der Waals surface area contributed by atoms with Crippen molar-refractivity contribution < 1.29 is 4.79 Å². The molecule has 0 unspecified atom stereocenters. The normalized spacial score (nSPS) is 14.9. The quantitative estimate of drug-likeness (QED) is 0.822. The molecule has 0 fully saturated rings. The van der Waals surface area contributed by atoms with Gasteiger partial charge in [-0.1, -0.05) is 26.0 Å². The number of carbonyl (C=O) groups excluding carboxylic acids is 1. The monoisotopic (exact) mass is 270 g/mol. The fraction of sp³-hybridized carbons (Fsp3) is 0.471. The second-order valence-corrected chi connectivity index (χ2v) is 6.20. The summed E-state index contributed by atoms with van der Waals surface area (Å²) >= 11 is 0. The van der Waals surface area contributed by atoms with E-state index in [0.29, 0.717) is 5.92 Å². The van der Waals surface area contributed by atoms with Crippen LogP contribution >= 0.6 is 0 Å². The van der Waals surface area contributed by atoms with Crippen LogP contribution in [-0.2, 0) is 24.3 Å². The molecule has 1 aromatic carbocycles. The van der Waals surface area contributed by atoms with Gasteiger partial charge in [-0.05, 0) is 29.5 Å². The molecule has 3 rings (SSSR count). The van der Waals surface area contributed by atoms with Crippen LogP contribution in [0.1, 0.15) is 31.9 Å². The molecule has 0 N–H and O–H groups in total. The first kappa shape index (κ1) is 13.2. The molecule has 0 atom stereocenters. The van der Waals surface area contributed by atoms with Gasteiger partial charge in [0, 0.05) is 43.7 Å². The van der Waals surface area contributed by atoms with Crippen LogP contribution in [0.4, 0.5) is 0 Å². The molecule has 0 saturated carbocycles. The van der Waals surface area contributed by atoms with Gasteiger partial charge in [0.25, 0.3) is 0 Å². The van der Waals surface area contributed by atoms with E-state index in [2.05, 4.69) is 42.8 Å². The topological polar surface area (TPSA) is 25.2 Å². The van der Waals surface area contributed by atoms with E-state index in [1.54, 1.807) is 6.92 Å². The molecule has 3 nitrogen and oxygen atoms in total. The molecule has 20 heavy (non-hydrogen) atoms. The first-order valence-electron chi connectivity index (χ1n) is 7.41. The number of benzene rings is 1. The fourth-order valence-electron chi connectivity index (χ4n) is 3.19. The Morgan fingerprint density at radius 2 is 2.10 bits per heavy atom. The van der Waals surface area contributed by atoms with Crippen molar-refractivity contribution in [1.82, 2.24) is 9.47 Å². The summed E-state index contributed by atoms with van der Waals surface area (Å²) in [6.07, 6.45) is 3.25. The number of carbonyl (C=O) groups is 1. The minimum Gasteiger partial charge on any atom is -0.347 e. The van der Waals surface area contributed by atoms with E-state index in [9.17, 15) is 4.79 Å². The number of hydrogen-bond acceptors (Lipinski definition) is 1. The van der Waals surface area contributed by atoms with E-state index in [0.717, 1.165) is 26.1 Å². The van der Waals surface area contributed by atoms with Crippen LogP contribution in [0.3, 0.4) is 0 Å². The van der Waals surface area contributed by atoms with E-state index >= 15 is 0 Å². The highest BCUT2D eigenvalue weighted by Crippen LogP contribution is 2.30. The van der Waals surface area contributed by atoms with Crippen LogP contribution in [0, 0.1) is 5.92 Å². The van der Waals surface area contributed by atoms with Gasteiger partial charge < -0.3 is 9.47 Å². The summed E-state index contributed by atoms with van der Waals surface area (Å²) in [7, 11) is 0. The van der Waals surface area contributed by atoms with Gasteiger partial charge in [0.2, 0.25) is 5.91 Å². The Morgan fingerprint density at radius 3 is 2.80 bits per heavy atom. The Kier molecular flexibility index (Phi) is 3.28. The lowest BCUT2D eigenvalue weighted by atomic mass is 10.1. The third-order valence-electron chi connectivity index (χ3n) is 4.09. The molecule has 3 heteroatoms. The van der Waals surface area contributed by atoms with Gasteiger partial charge in [-0.3, -0.25) is 4.79 Å². The minimum absolute atomic E-state index is 0.169. The van der Waals surface area contributed by atoms with Gasteiger partial charge in [-0.25, -0.2) is 0 Å². The fourth-order valence-corrected chi connectivity index (χ4v) is 3.19. The first-order chi connectivity index (χ1) is 9.56. The van der Waals surface area contributed by atoms with Crippen LogP contribution in [0.2, 0.25) is 0 Å². The molecule has 1 aromatic heterocycles. The van der Waals surface area contributed by atoms with E-state index in [4.69, 9.17) is 0 Å². The predicted molar refractivity (Wildman–Crippen MR) is 81.6 cm³/mol. The van der Waals surface area contributed by atoms with E-state index in [1.165, 1.54) is 22.0 Å². The molecule has 2 aromatic rings. The molecule has 0 saturated heterocycles. The Labute approximate surface area is 120 Å².